The maximum Gasteiger partial charge on any atom is 0.162 e. The van der Waals surface area contributed by atoms with Crippen LogP contribution >= 0.6 is 0 Å². The second kappa shape index (κ2) is 15.7. The molecule has 0 radical (unpaired) electrons. The number of aliphatic hydroxyl groups excluding tert-OH is 1. The molecule has 0 aromatic carbocycles. The summed E-state index contributed by atoms with van der Waals surface area (Å²) >= 11 is 0. The minimum atomic E-state index is -0.522. The van der Waals surface area contributed by atoms with Gasteiger partial charge in [0.25, 0.3) is 0 Å². The summed E-state index contributed by atoms with van der Waals surface area (Å²) in [5.74, 6) is 0.0933. The van der Waals surface area contributed by atoms with Crippen LogP contribution in [0.25, 0.3) is 0 Å². The third kappa shape index (κ3) is 9.89. The van der Waals surface area contributed by atoms with Gasteiger partial charge in [-0.15, -0.1) is 0 Å². The Morgan fingerprint density at radius 3 is 1.75 bits per heavy atom. The van der Waals surface area contributed by atoms with E-state index in [1.165, 1.54) is 42.4 Å². The number of aliphatic hydroxyl groups is 1. The Bertz CT molecular complexity index is 1200. The molecule has 0 saturated heterocycles. The van der Waals surface area contributed by atoms with Gasteiger partial charge in [0.1, 0.15) is 0 Å². The molecule has 0 bridgehead atoms. The lowest BCUT2D eigenvalue weighted by Crippen LogP contribution is -2.41. The molecule has 2 rings (SSSR count). The Balaban J connectivity index is 1.85. The molecule has 2 nitrogen and oxygen atoms in total. The zero-order chi connectivity index (χ0) is 29.8. The molecular formula is C38H52O2. The third-order valence-corrected chi connectivity index (χ3v) is 8.82. The first-order valence-corrected chi connectivity index (χ1v) is 14.9. The van der Waals surface area contributed by atoms with Crippen molar-refractivity contribution >= 4 is 5.78 Å². The van der Waals surface area contributed by atoms with Gasteiger partial charge in [0.05, 0.1) is 6.10 Å². The van der Waals surface area contributed by atoms with Gasteiger partial charge in [-0.3, -0.25) is 4.79 Å². The molecule has 1 saturated carbocycles. The molecule has 2 heteroatoms. The number of carbonyl (C=O) groups is 1. The Morgan fingerprint density at radius 1 is 0.725 bits per heavy atom. The Morgan fingerprint density at radius 2 is 1.23 bits per heavy atom. The Labute approximate surface area is 244 Å². The summed E-state index contributed by atoms with van der Waals surface area (Å²) in [7, 11) is 0. The van der Waals surface area contributed by atoms with Crippen LogP contribution in [0, 0.1) is 10.8 Å². The predicted octanol–water partition coefficient (Wildman–Crippen LogP) is 10.2. The fraction of sp³-hybridized carbons (Fsp3) is 0.447. The SMILES string of the molecule is CC1=C(/C=C/C(C)=C/C=C/C(C)=C/C=C/C=C(C)/C=C/C=C(C)/C=C/C(=O)C2(C)CCC(O)C2(C)C)CCCC1. The zero-order valence-corrected chi connectivity index (χ0v) is 26.3. The van der Waals surface area contributed by atoms with Gasteiger partial charge in [0.2, 0.25) is 0 Å². The van der Waals surface area contributed by atoms with Crippen LogP contribution in [0.15, 0.2) is 119 Å². The standard InChI is InChI=1S/C38H52O2/c1-29(17-13-19-31(3)23-25-34-22-12-11-21-33(34)5)15-9-10-16-30(2)18-14-20-32(4)24-26-36(40)38(8)28-27-35(39)37(38,6)7/h9-10,13-20,23-26,35,39H,11-12,21-22,27-28H2,1-8H3/b10-9+,17-13+,18-14+,25-23+,26-24+,29-15+,30-16+,31-19+,32-20+. The molecule has 40 heavy (non-hydrogen) atoms. The second-order valence-corrected chi connectivity index (χ2v) is 12.4. The van der Waals surface area contributed by atoms with Gasteiger partial charge in [0.15, 0.2) is 5.78 Å². The summed E-state index contributed by atoms with van der Waals surface area (Å²) in [6.07, 6.45) is 34.9. The first-order chi connectivity index (χ1) is 18.9. The van der Waals surface area contributed by atoms with Crippen LogP contribution in [0.5, 0.6) is 0 Å². The number of carbonyl (C=O) groups excluding carboxylic acids is 1. The van der Waals surface area contributed by atoms with Gasteiger partial charge < -0.3 is 5.11 Å². The lowest BCUT2D eigenvalue weighted by molar-refractivity contribution is -0.130. The van der Waals surface area contributed by atoms with E-state index in [0.29, 0.717) is 6.42 Å². The van der Waals surface area contributed by atoms with E-state index in [1.807, 2.05) is 45.9 Å². The average molecular weight is 541 g/mol. The largest absolute Gasteiger partial charge is 0.393 e. The van der Waals surface area contributed by atoms with Crippen LogP contribution in [0.1, 0.15) is 93.9 Å². The fourth-order valence-electron chi connectivity index (χ4n) is 5.19. The van der Waals surface area contributed by atoms with Gasteiger partial charge in [-0.1, -0.05) is 128 Å². The van der Waals surface area contributed by atoms with E-state index >= 15 is 0 Å². The lowest BCUT2D eigenvalue weighted by Gasteiger charge is -2.38. The highest BCUT2D eigenvalue weighted by Gasteiger charge is 2.54. The molecule has 1 fully saturated rings. The summed E-state index contributed by atoms with van der Waals surface area (Å²) in [6, 6.07) is 0. The maximum absolute atomic E-state index is 12.9. The molecule has 1 N–H and O–H groups in total. The first kappa shape index (κ1) is 33.2. The van der Waals surface area contributed by atoms with E-state index in [0.717, 1.165) is 17.6 Å². The monoisotopic (exact) mass is 540 g/mol. The molecule has 2 aliphatic rings. The smallest absolute Gasteiger partial charge is 0.162 e. The van der Waals surface area contributed by atoms with Crippen LogP contribution in [0.3, 0.4) is 0 Å². The number of hydrogen-bond donors (Lipinski definition) is 1. The second-order valence-electron chi connectivity index (χ2n) is 12.4. The number of allylic oxidation sites excluding steroid dienone is 20. The number of hydrogen-bond acceptors (Lipinski definition) is 2. The first-order valence-electron chi connectivity index (χ1n) is 14.9. The molecule has 0 aromatic rings. The normalized spacial score (nSPS) is 25.7. The van der Waals surface area contributed by atoms with Crippen LogP contribution in [0.4, 0.5) is 0 Å². The van der Waals surface area contributed by atoms with E-state index < -0.39 is 16.9 Å². The van der Waals surface area contributed by atoms with E-state index in [-0.39, 0.29) is 5.78 Å². The lowest BCUT2D eigenvalue weighted by atomic mass is 9.66. The van der Waals surface area contributed by atoms with Gasteiger partial charge in [-0.05, 0) is 84.8 Å². The summed E-state index contributed by atoms with van der Waals surface area (Å²) < 4.78 is 0. The van der Waals surface area contributed by atoms with Crippen molar-refractivity contribution in [3.63, 3.8) is 0 Å². The third-order valence-electron chi connectivity index (χ3n) is 8.82. The van der Waals surface area contributed by atoms with Gasteiger partial charge in [-0.2, -0.15) is 0 Å². The molecule has 2 atom stereocenters. The molecule has 0 heterocycles. The minimum Gasteiger partial charge on any atom is -0.393 e. The van der Waals surface area contributed by atoms with Gasteiger partial charge in [-0.25, -0.2) is 0 Å². The highest BCUT2D eigenvalue weighted by molar-refractivity contribution is 5.95. The van der Waals surface area contributed by atoms with Crippen LogP contribution < -0.4 is 0 Å². The van der Waals surface area contributed by atoms with Crippen molar-refractivity contribution in [3.05, 3.63) is 119 Å². The van der Waals surface area contributed by atoms with Crippen molar-refractivity contribution in [1.29, 1.82) is 0 Å². The summed E-state index contributed by atoms with van der Waals surface area (Å²) in [6.45, 7) is 16.6. The van der Waals surface area contributed by atoms with Crippen LogP contribution in [0.2, 0.25) is 0 Å². The van der Waals surface area contributed by atoms with Crippen molar-refractivity contribution in [2.45, 2.75) is 100 Å². The summed E-state index contributed by atoms with van der Waals surface area (Å²) in [5, 5.41) is 10.3. The molecule has 0 spiro atoms. The van der Waals surface area contributed by atoms with Gasteiger partial charge in [0, 0.05) is 10.8 Å². The number of rotatable bonds is 11. The fourth-order valence-corrected chi connectivity index (χ4v) is 5.19. The van der Waals surface area contributed by atoms with Crippen molar-refractivity contribution in [2.75, 3.05) is 0 Å². The molecule has 2 aliphatic carbocycles. The van der Waals surface area contributed by atoms with E-state index in [4.69, 9.17) is 0 Å². The maximum atomic E-state index is 12.9. The highest BCUT2D eigenvalue weighted by atomic mass is 16.3. The van der Waals surface area contributed by atoms with E-state index in [9.17, 15) is 9.90 Å². The quantitative estimate of drug-likeness (QED) is 0.209. The predicted molar refractivity (Wildman–Crippen MR) is 174 cm³/mol. The Kier molecular flexibility index (Phi) is 13.1. The number of ketones is 1. The highest BCUT2D eigenvalue weighted by Crippen LogP contribution is 2.53. The van der Waals surface area contributed by atoms with Crippen LogP contribution in [-0.2, 0) is 4.79 Å². The summed E-state index contributed by atoms with van der Waals surface area (Å²) in [5.41, 5.74) is 6.73. The molecule has 0 amide bonds. The van der Waals surface area contributed by atoms with Crippen molar-refractivity contribution in [3.8, 4) is 0 Å². The van der Waals surface area contributed by atoms with Crippen molar-refractivity contribution in [2.24, 2.45) is 10.8 Å². The topological polar surface area (TPSA) is 37.3 Å². The molecule has 216 valence electrons. The molecular weight excluding hydrogens is 488 g/mol. The van der Waals surface area contributed by atoms with E-state index in [1.54, 1.807) is 11.6 Å². The van der Waals surface area contributed by atoms with Gasteiger partial charge >= 0.3 is 0 Å². The minimum absolute atomic E-state index is 0.0933. The average Bonchev–Trinajstić information content (AvgIpc) is 3.12. The van der Waals surface area contributed by atoms with Crippen LogP contribution in [-0.4, -0.2) is 17.0 Å². The molecule has 0 aliphatic heterocycles. The Hall–Kier alpha value is -2.97. The van der Waals surface area contributed by atoms with E-state index in [2.05, 4.69) is 88.5 Å². The zero-order valence-electron chi connectivity index (χ0n) is 26.3. The molecule has 2 unspecified atom stereocenters. The summed E-state index contributed by atoms with van der Waals surface area (Å²) in [4.78, 5) is 12.9. The van der Waals surface area contributed by atoms with Crippen molar-refractivity contribution < 1.29 is 9.90 Å². The van der Waals surface area contributed by atoms with Crippen molar-refractivity contribution in [1.82, 2.24) is 0 Å². The molecule has 0 aromatic heterocycles.